The molecule has 0 saturated carbocycles. The monoisotopic (exact) mass is 252 g/mol. The number of amidine groups is 1. The Morgan fingerprint density at radius 3 is 2.44 bits per heavy atom. The molecule has 1 rings (SSSR count). The lowest BCUT2D eigenvalue weighted by Gasteiger charge is -2.25. The third-order valence-electron chi connectivity index (χ3n) is 2.56. The number of aromatic nitrogens is 1. The molecular weight excluding hydrogens is 232 g/mol. The van der Waals surface area contributed by atoms with Gasteiger partial charge in [0.25, 0.3) is 0 Å². The van der Waals surface area contributed by atoms with Crippen molar-refractivity contribution in [1.29, 1.82) is 5.41 Å². The number of ether oxygens (including phenoxy) is 2. The van der Waals surface area contributed by atoms with Crippen molar-refractivity contribution in [2.24, 2.45) is 5.73 Å². The van der Waals surface area contributed by atoms with E-state index in [1.165, 1.54) is 0 Å². The zero-order valence-corrected chi connectivity index (χ0v) is 10.8. The SMILES string of the molecule is COCCN(CCOC)c1cnccc1C(=N)N. The third-order valence-corrected chi connectivity index (χ3v) is 2.56. The molecule has 6 nitrogen and oxygen atoms in total. The lowest BCUT2D eigenvalue weighted by atomic mass is 10.2. The van der Waals surface area contributed by atoms with Gasteiger partial charge >= 0.3 is 0 Å². The highest BCUT2D eigenvalue weighted by Crippen LogP contribution is 2.18. The molecule has 18 heavy (non-hydrogen) atoms. The second-order valence-corrected chi connectivity index (χ2v) is 3.78. The molecule has 0 aliphatic rings. The summed E-state index contributed by atoms with van der Waals surface area (Å²) in [5.41, 5.74) is 7.09. The molecule has 0 unspecified atom stereocenters. The van der Waals surface area contributed by atoms with Gasteiger partial charge in [-0.05, 0) is 6.07 Å². The van der Waals surface area contributed by atoms with Gasteiger partial charge in [-0.3, -0.25) is 10.4 Å². The molecule has 0 aliphatic carbocycles. The molecule has 0 amide bonds. The molecular formula is C12H20N4O2. The van der Waals surface area contributed by atoms with Crippen LogP contribution in [0.15, 0.2) is 18.5 Å². The topological polar surface area (TPSA) is 84.5 Å². The Labute approximate surface area is 107 Å². The fraction of sp³-hybridized carbons (Fsp3) is 0.500. The van der Waals surface area contributed by atoms with Gasteiger partial charge in [-0.1, -0.05) is 0 Å². The minimum Gasteiger partial charge on any atom is -0.384 e. The van der Waals surface area contributed by atoms with E-state index in [9.17, 15) is 0 Å². The van der Waals surface area contributed by atoms with E-state index in [4.69, 9.17) is 20.6 Å². The van der Waals surface area contributed by atoms with Crippen molar-refractivity contribution in [3.63, 3.8) is 0 Å². The molecule has 1 aromatic rings. The van der Waals surface area contributed by atoms with Gasteiger partial charge in [0.15, 0.2) is 0 Å². The molecule has 3 N–H and O–H groups in total. The average Bonchev–Trinajstić information content (AvgIpc) is 2.39. The highest BCUT2D eigenvalue weighted by atomic mass is 16.5. The Balaban J connectivity index is 2.92. The number of nitrogens with two attached hydrogens (primary N) is 1. The fourth-order valence-corrected chi connectivity index (χ4v) is 1.62. The Morgan fingerprint density at radius 2 is 1.94 bits per heavy atom. The second kappa shape index (κ2) is 7.62. The van der Waals surface area contributed by atoms with Crippen LogP contribution in [0.3, 0.4) is 0 Å². The number of hydrogen-bond acceptors (Lipinski definition) is 5. The highest BCUT2D eigenvalue weighted by Gasteiger charge is 2.12. The molecule has 0 aromatic carbocycles. The fourth-order valence-electron chi connectivity index (χ4n) is 1.62. The van der Waals surface area contributed by atoms with Gasteiger partial charge in [0, 0.05) is 39.1 Å². The first kappa shape index (κ1) is 14.4. The minimum absolute atomic E-state index is 0.0345. The van der Waals surface area contributed by atoms with Crippen molar-refractivity contribution >= 4 is 11.5 Å². The van der Waals surface area contributed by atoms with Crippen LogP contribution in [-0.2, 0) is 9.47 Å². The quantitative estimate of drug-likeness (QED) is 0.519. The van der Waals surface area contributed by atoms with Gasteiger partial charge < -0.3 is 20.1 Å². The predicted molar refractivity (Wildman–Crippen MR) is 71.2 cm³/mol. The highest BCUT2D eigenvalue weighted by molar-refractivity contribution is 6.00. The van der Waals surface area contributed by atoms with Crippen molar-refractivity contribution in [3.05, 3.63) is 24.0 Å². The Hall–Kier alpha value is -1.66. The average molecular weight is 252 g/mol. The van der Waals surface area contributed by atoms with Gasteiger partial charge in [-0.25, -0.2) is 0 Å². The maximum absolute atomic E-state index is 7.58. The Kier molecular flexibility index (Phi) is 6.10. The van der Waals surface area contributed by atoms with Crippen LogP contribution in [-0.4, -0.2) is 51.3 Å². The van der Waals surface area contributed by atoms with Crippen molar-refractivity contribution in [2.75, 3.05) is 45.4 Å². The molecule has 1 heterocycles. The van der Waals surface area contributed by atoms with Gasteiger partial charge in [0.1, 0.15) is 5.84 Å². The van der Waals surface area contributed by atoms with Crippen LogP contribution in [0.5, 0.6) is 0 Å². The molecule has 0 radical (unpaired) electrons. The van der Waals surface area contributed by atoms with Crippen LogP contribution in [0.25, 0.3) is 0 Å². The number of hydrogen-bond donors (Lipinski definition) is 2. The summed E-state index contributed by atoms with van der Waals surface area (Å²) in [5, 5.41) is 7.58. The predicted octanol–water partition coefficient (Wildman–Crippen LogP) is 0.465. The van der Waals surface area contributed by atoms with E-state index in [0.717, 1.165) is 5.69 Å². The molecule has 0 atom stereocenters. The van der Waals surface area contributed by atoms with E-state index in [1.54, 1.807) is 32.7 Å². The van der Waals surface area contributed by atoms with Crippen LogP contribution >= 0.6 is 0 Å². The smallest absolute Gasteiger partial charge is 0.125 e. The molecule has 0 aliphatic heterocycles. The molecule has 100 valence electrons. The molecule has 0 spiro atoms. The van der Waals surface area contributed by atoms with Crippen LogP contribution in [0.1, 0.15) is 5.56 Å². The summed E-state index contributed by atoms with van der Waals surface area (Å²) < 4.78 is 10.2. The van der Waals surface area contributed by atoms with Gasteiger partial charge in [0.05, 0.1) is 25.1 Å². The van der Waals surface area contributed by atoms with Crippen molar-refractivity contribution in [3.8, 4) is 0 Å². The summed E-state index contributed by atoms with van der Waals surface area (Å²) in [7, 11) is 3.31. The summed E-state index contributed by atoms with van der Waals surface area (Å²) in [6, 6.07) is 1.74. The van der Waals surface area contributed by atoms with Gasteiger partial charge in [-0.2, -0.15) is 0 Å². The summed E-state index contributed by atoms with van der Waals surface area (Å²) >= 11 is 0. The van der Waals surface area contributed by atoms with Crippen molar-refractivity contribution < 1.29 is 9.47 Å². The number of pyridine rings is 1. The maximum Gasteiger partial charge on any atom is 0.125 e. The molecule has 0 saturated heterocycles. The standard InChI is InChI=1S/C12H20N4O2/c1-17-7-5-16(6-8-18-2)11-9-15-4-3-10(11)12(13)14/h3-4,9H,5-8H2,1-2H3,(H3,13,14). The van der Waals surface area contributed by atoms with Crippen LogP contribution < -0.4 is 10.6 Å². The first-order valence-electron chi connectivity index (χ1n) is 5.72. The summed E-state index contributed by atoms with van der Waals surface area (Å²) in [4.78, 5) is 6.14. The van der Waals surface area contributed by atoms with E-state index >= 15 is 0 Å². The van der Waals surface area contributed by atoms with Crippen LogP contribution in [0.2, 0.25) is 0 Å². The summed E-state index contributed by atoms with van der Waals surface area (Å²) in [6.07, 6.45) is 3.34. The lowest BCUT2D eigenvalue weighted by molar-refractivity contribution is 0.190. The molecule has 0 fully saturated rings. The number of rotatable bonds is 8. The number of methoxy groups -OCH3 is 2. The zero-order valence-electron chi connectivity index (χ0n) is 10.8. The van der Waals surface area contributed by atoms with E-state index in [1.807, 2.05) is 0 Å². The lowest BCUT2D eigenvalue weighted by Crippen LogP contribution is -2.32. The third kappa shape index (κ3) is 3.97. The van der Waals surface area contributed by atoms with E-state index < -0.39 is 0 Å². The molecule has 0 bridgehead atoms. The van der Waals surface area contributed by atoms with E-state index in [0.29, 0.717) is 31.9 Å². The van der Waals surface area contributed by atoms with Crippen molar-refractivity contribution in [2.45, 2.75) is 0 Å². The number of nitrogen functional groups attached to an aromatic ring is 1. The maximum atomic E-state index is 7.58. The Morgan fingerprint density at radius 1 is 1.33 bits per heavy atom. The Bertz CT molecular complexity index is 376. The number of nitrogens with zero attached hydrogens (tertiary/aromatic N) is 2. The van der Waals surface area contributed by atoms with Gasteiger partial charge in [0.2, 0.25) is 0 Å². The van der Waals surface area contributed by atoms with Crippen LogP contribution in [0, 0.1) is 5.41 Å². The van der Waals surface area contributed by atoms with Gasteiger partial charge in [-0.15, -0.1) is 0 Å². The first-order valence-corrected chi connectivity index (χ1v) is 5.72. The summed E-state index contributed by atoms with van der Waals surface area (Å²) in [6.45, 7) is 2.59. The number of nitrogens with one attached hydrogen (secondary N) is 1. The van der Waals surface area contributed by atoms with Crippen molar-refractivity contribution in [1.82, 2.24) is 4.98 Å². The minimum atomic E-state index is 0.0345. The van der Waals surface area contributed by atoms with E-state index in [2.05, 4.69) is 9.88 Å². The number of anilines is 1. The zero-order chi connectivity index (χ0) is 13.4. The second-order valence-electron chi connectivity index (χ2n) is 3.78. The molecule has 6 heteroatoms. The summed E-state index contributed by atoms with van der Waals surface area (Å²) in [5.74, 6) is 0.0345. The normalized spacial score (nSPS) is 10.3. The van der Waals surface area contributed by atoms with E-state index in [-0.39, 0.29) is 5.84 Å². The van der Waals surface area contributed by atoms with Crippen LogP contribution in [0.4, 0.5) is 5.69 Å². The first-order chi connectivity index (χ1) is 8.70. The molecule has 1 aromatic heterocycles. The largest absolute Gasteiger partial charge is 0.384 e.